The Bertz CT molecular complexity index is 613. The van der Waals surface area contributed by atoms with Gasteiger partial charge in [0.2, 0.25) is 0 Å². The molecule has 0 spiro atoms. The van der Waals surface area contributed by atoms with Crippen LogP contribution in [0.5, 0.6) is 0 Å². The van der Waals surface area contributed by atoms with Crippen molar-refractivity contribution in [1.29, 1.82) is 0 Å². The van der Waals surface area contributed by atoms with E-state index in [0.717, 1.165) is 25.1 Å². The molecule has 0 radical (unpaired) electrons. The molecule has 0 amide bonds. The van der Waals surface area contributed by atoms with Crippen molar-refractivity contribution < 1.29 is 13.2 Å². The highest BCUT2D eigenvalue weighted by atomic mass is 32.2. The summed E-state index contributed by atoms with van der Waals surface area (Å²) in [6.07, 6.45) is 4.68. The van der Waals surface area contributed by atoms with Gasteiger partial charge in [-0.15, -0.1) is 0 Å². The maximum atomic E-state index is 11.5. The van der Waals surface area contributed by atoms with Crippen LogP contribution in [0.15, 0.2) is 29.2 Å². The SMILES string of the molecule is CS(=O)(=O)c1ccc(C2CNNC(OCC3CCCS3)C2)cc1. The third-order valence-corrected chi connectivity index (χ3v) is 6.89. The van der Waals surface area contributed by atoms with Gasteiger partial charge in [-0.25, -0.2) is 13.8 Å². The summed E-state index contributed by atoms with van der Waals surface area (Å²) in [5.41, 5.74) is 7.55. The van der Waals surface area contributed by atoms with Crippen LogP contribution >= 0.6 is 11.8 Å². The van der Waals surface area contributed by atoms with Crippen LogP contribution in [-0.2, 0) is 14.6 Å². The Balaban J connectivity index is 1.57. The Kier molecular flexibility index (Phi) is 5.64. The van der Waals surface area contributed by atoms with Crippen LogP contribution in [0.2, 0.25) is 0 Å². The van der Waals surface area contributed by atoms with Gasteiger partial charge in [-0.2, -0.15) is 11.8 Å². The Hall–Kier alpha value is -0.600. The van der Waals surface area contributed by atoms with Crippen molar-refractivity contribution >= 4 is 21.6 Å². The van der Waals surface area contributed by atoms with E-state index in [1.54, 1.807) is 12.1 Å². The zero-order valence-corrected chi connectivity index (χ0v) is 15.0. The molecule has 0 aliphatic carbocycles. The second kappa shape index (κ2) is 7.53. The van der Waals surface area contributed by atoms with Crippen LogP contribution < -0.4 is 10.9 Å². The Labute approximate surface area is 142 Å². The predicted octanol–water partition coefficient (Wildman–Crippen LogP) is 1.91. The molecule has 7 heteroatoms. The van der Waals surface area contributed by atoms with Gasteiger partial charge < -0.3 is 4.74 Å². The monoisotopic (exact) mass is 356 g/mol. The molecule has 5 nitrogen and oxygen atoms in total. The number of nitrogens with one attached hydrogen (secondary N) is 2. The van der Waals surface area contributed by atoms with E-state index >= 15 is 0 Å². The average molecular weight is 357 g/mol. The van der Waals surface area contributed by atoms with Gasteiger partial charge in [0.05, 0.1) is 11.5 Å². The molecule has 0 aromatic heterocycles. The minimum absolute atomic E-state index is 0.00420. The van der Waals surface area contributed by atoms with Crippen molar-refractivity contribution in [2.75, 3.05) is 25.2 Å². The van der Waals surface area contributed by atoms with E-state index in [1.165, 1.54) is 24.9 Å². The van der Waals surface area contributed by atoms with Gasteiger partial charge >= 0.3 is 0 Å². The average Bonchev–Trinajstić information content (AvgIpc) is 3.06. The third-order valence-electron chi connectivity index (χ3n) is 4.40. The maximum Gasteiger partial charge on any atom is 0.175 e. The van der Waals surface area contributed by atoms with Crippen LogP contribution in [0.1, 0.15) is 30.7 Å². The first-order valence-electron chi connectivity index (χ1n) is 8.04. The first kappa shape index (κ1) is 17.2. The van der Waals surface area contributed by atoms with E-state index in [2.05, 4.69) is 10.9 Å². The molecule has 0 bridgehead atoms. The first-order chi connectivity index (χ1) is 11.0. The van der Waals surface area contributed by atoms with Crippen molar-refractivity contribution in [2.45, 2.75) is 41.6 Å². The summed E-state index contributed by atoms with van der Waals surface area (Å²) in [7, 11) is -3.13. The van der Waals surface area contributed by atoms with E-state index < -0.39 is 9.84 Å². The van der Waals surface area contributed by atoms with Gasteiger partial charge in [0.25, 0.3) is 0 Å². The second-order valence-electron chi connectivity index (χ2n) is 6.26. The van der Waals surface area contributed by atoms with Gasteiger partial charge in [0.15, 0.2) is 9.84 Å². The molecular weight excluding hydrogens is 332 g/mol. The van der Waals surface area contributed by atoms with E-state index in [1.807, 2.05) is 23.9 Å². The van der Waals surface area contributed by atoms with Gasteiger partial charge in [-0.3, -0.25) is 5.43 Å². The number of hydrogen-bond donors (Lipinski definition) is 2. The fraction of sp³-hybridized carbons (Fsp3) is 0.625. The second-order valence-corrected chi connectivity index (χ2v) is 9.68. The molecule has 3 rings (SSSR count). The molecule has 2 aliphatic rings. The van der Waals surface area contributed by atoms with E-state index in [0.29, 0.717) is 16.1 Å². The largest absolute Gasteiger partial charge is 0.361 e. The number of ether oxygens (including phenoxy) is 1. The zero-order valence-electron chi connectivity index (χ0n) is 13.3. The summed E-state index contributed by atoms with van der Waals surface area (Å²) in [4.78, 5) is 0.370. The fourth-order valence-corrected chi connectivity index (χ4v) is 4.85. The fourth-order valence-electron chi connectivity index (χ4n) is 3.05. The smallest absolute Gasteiger partial charge is 0.175 e. The van der Waals surface area contributed by atoms with Gasteiger partial charge in [0.1, 0.15) is 6.23 Å². The lowest BCUT2D eigenvalue weighted by molar-refractivity contribution is -0.00443. The summed E-state index contributed by atoms with van der Waals surface area (Å²) < 4.78 is 29.1. The molecule has 128 valence electrons. The normalized spacial score (nSPS) is 28.8. The first-order valence-corrected chi connectivity index (χ1v) is 11.0. The number of hydrogen-bond acceptors (Lipinski definition) is 6. The highest BCUT2D eigenvalue weighted by Gasteiger charge is 2.25. The maximum absolute atomic E-state index is 11.5. The molecular formula is C16H24N2O3S2. The van der Waals surface area contributed by atoms with Crippen molar-refractivity contribution in [3.8, 4) is 0 Å². The molecule has 2 N–H and O–H groups in total. The predicted molar refractivity (Wildman–Crippen MR) is 93.3 cm³/mol. The standard InChI is InChI=1S/C16H24N2O3S2/c1-23(19,20)15-6-4-12(5-7-15)13-9-16(18-17-10-13)21-11-14-3-2-8-22-14/h4-7,13-14,16-18H,2-3,8-11H2,1H3. The van der Waals surface area contributed by atoms with Crippen LogP contribution in [0.3, 0.4) is 0 Å². The molecule has 2 fully saturated rings. The molecule has 0 saturated carbocycles. The lowest BCUT2D eigenvalue weighted by Crippen LogP contribution is -2.50. The van der Waals surface area contributed by atoms with Crippen molar-refractivity contribution in [3.05, 3.63) is 29.8 Å². The van der Waals surface area contributed by atoms with Crippen LogP contribution in [-0.4, -0.2) is 45.1 Å². The minimum Gasteiger partial charge on any atom is -0.361 e. The van der Waals surface area contributed by atoms with E-state index in [-0.39, 0.29) is 6.23 Å². The quantitative estimate of drug-likeness (QED) is 0.840. The van der Waals surface area contributed by atoms with Gasteiger partial charge in [0, 0.05) is 24.0 Å². The lowest BCUT2D eigenvalue weighted by Gasteiger charge is -2.31. The zero-order chi connectivity index (χ0) is 16.3. The summed E-state index contributed by atoms with van der Waals surface area (Å²) in [6.45, 7) is 1.61. The van der Waals surface area contributed by atoms with Gasteiger partial charge in [-0.1, -0.05) is 12.1 Å². The summed E-state index contributed by atoms with van der Waals surface area (Å²) in [5, 5.41) is 0.631. The van der Waals surface area contributed by atoms with E-state index in [9.17, 15) is 8.42 Å². The Morgan fingerprint density at radius 1 is 1.30 bits per heavy atom. The molecule has 2 aliphatic heterocycles. The molecule has 23 heavy (non-hydrogen) atoms. The molecule has 2 heterocycles. The summed E-state index contributed by atoms with van der Waals surface area (Å²) in [6, 6.07) is 7.21. The highest BCUT2D eigenvalue weighted by Crippen LogP contribution is 2.28. The summed E-state index contributed by atoms with van der Waals surface area (Å²) >= 11 is 2.00. The van der Waals surface area contributed by atoms with Crippen molar-refractivity contribution in [3.63, 3.8) is 0 Å². The molecule has 1 aromatic carbocycles. The lowest BCUT2D eigenvalue weighted by atomic mass is 9.94. The number of thioether (sulfide) groups is 1. The van der Waals surface area contributed by atoms with Crippen molar-refractivity contribution in [2.24, 2.45) is 0 Å². The van der Waals surface area contributed by atoms with Crippen LogP contribution in [0.25, 0.3) is 0 Å². The molecule has 1 aromatic rings. The molecule has 3 unspecified atom stereocenters. The van der Waals surface area contributed by atoms with Crippen LogP contribution in [0, 0.1) is 0 Å². The third kappa shape index (κ3) is 4.70. The molecule has 2 saturated heterocycles. The van der Waals surface area contributed by atoms with Crippen molar-refractivity contribution in [1.82, 2.24) is 10.9 Å². The number of benzene rings is 1. The number of sulfone groups is 1. The van der Waals surface area contributed by atoms with E-state index in [4.69, 9.17) is 4.74 Å². The highest BCUT2D eigenvalue weighted by molar-refractivity contribution is 8.00. The van der Waals surface area contributed by atoms with Gasteiger partial charge in [-0.05, 0) is 42.7 Å². The number of hydrazine groups is 1. The minimum atomic E-state index is -3.13. The Morgan fingerprint density at radius 2 is 2.09 bits per heavy atom. The molecule has 3 atom stereocenters. The Morgan fingerprint density at radius 3 is 2.74 bits per heavy atom. The topological polar surface area (TPSA) is 67.4 Å². The number of rotatable bonds is 5. The summed E-state index contributed by atoms with van der Waals surface area (Å²) in [5.74, 6) is 1.57. The van der Waals surface area contributed by atoms with Crippen LogP contribution in [0.4, 0.5) is 0 Å².